The summed E-state index contributed by atoms with van der Waals surface area (Å²) < 4.78 is 28.9. The van der Waals surface area contributed by atoms with Crippen molar-refractivity contribution in [3.05, 3.63) is 42.4 Å². The van der Waals surface area contributed by atoms with Crippen molar-refractivity contribution >= 4 is 17.4 Å². The van der Waals surface area contributed by atoms with Gasteiger partial charge in [-0.05, 0) is 12.1 Å². The van der Waals surface area contributed by atoms with E-state index in [0.717, 1.165) is 0 Å². The normalized spacial score (nSPS) is 10.3. The van der Waals surface area contributed by atoms with Crippen LogP contribution in [0.1, 0.15) is 10.5 Å². The summed E-state index contributed by atoms with van der Waals surface area (Å²) in [5.74, 6) is -0.289. The number of ether oxygens (including phenoxy) is 1. The van der Waals surface area contributed by atoms with Gasteiger partial charge in [-0.2, -0.15) is 8.78 Å². The molecule has 0 aliphatic carbocycles. The summed E-state index contributed by atoms with van der Waals surface area (Å²) >= 11 is 0. The van der Waals surface area contributed by atoms with Crippen molar-refractivity contribution in [2.45, 2.75) is 6.61 Å². The quantitative estimate of drug-likeness (QED) is 0.885. The zero-order valence-electron chi connectivity index (χ0n) is 11.0. The Kier molecular flexibility index (Phi) is 4.60. The second-order valence-corrected chi connectivity index (χ2v) is 3.87. The molecule has 2 aromatic rings. The van der Waals surface area contributed by atoms with Gasteiger partial charge in [0.05, 0.1) is 18.1 Å². The van der Waals surface area contributed by atoms with E-state index in [9.17, 15) is 13.6 Å². The highest BCUT2D eigenvalue weighted by molar-refractivity contribution is 6.03. The summed E-state index contributed by atoms with van der Waals surface area (Å²) in [5, 5.41) is 5.20. The lowest BCUT2D eigenvalue weighted by Crippen LogP contribution is -2.16. The van der Waals surface area contributed by atoms with Crippen LogP contribution < -0.4 is 15.4 Å². The van der Waals surface area contributed by atoms with Gasteiger partial charge in [0.1, 0.15) is 17.3 Å². The number of nitrogens with zero attached hydrogens (tertiary/aromatic N) is 2. The van der Waals surface area contributed by atoms with Crippen molar-refractivity contribution in [3.8, 4) is 5.75 Å². The van der Waals surface area contributed by atoms with Crippen LogP contribution in [-0.2, 0) is 0 Å². The van der Waals surface area contributed by atoms with Crippen molar-refractivity contribution in [3.63, 3.8) is 0 Å². The molecule has 0 fully saturated rings. The van der Waals surface area contributed by atoms with Gasteiger partial charge in [-0.1, -0.05) is 12.1 Å². The number of para-hydroxylation sites is 2. The zero-order valence-corrected chi connectivity index (χ0v) is 11.0. The lowest BCUT2D eigenvalue weighted by Gasteiger charge is -2.11. The second-order valence-electron chi connectivity index (χ2n) is 3.87. The third kappa shape index (κ3) is 3.85. The molecule has 21 heavy (non-hydrogen) atoms. The number of aromatic nitrogens is 2. The first kappa shape index (κ1) is 14.6. The predicted octanol–water partition coefficient (Wildman–Crippen LogP) is 2.37. The van der Waals surface area contributed by atoms with E-state index in [1.807, 2.05) is 0 Å². The Labute approximate surface area is 119 Å². The highest BCUT2D eigenvalue weighted by Crippen LogP contribution is 2.25. The summed E-state index contributed by atoms with van der Waals surface area (Å²) in [6.45, 7) is -2.98. The molecule has 1 heterocycles. The maximum atomic E-state index is 12.3. The van der Waals surface area contributed by atoms with Crippen LogP contribution >= 0.6 is 0 Å². The van der Waals surface area contributed by atoms with Gasteiger partial charge in [0.25, 0.3) is 5.91 Å². The summed E-state index contributed by atoms with van der Waals surface area (Å²) in [7, 11) is 1.64. The fraction of sp³-hybridized carbons (Fsp3) is 0.154. The van der Waals surface area contributed by atoms with Gasteiger partial charge in [-0.3, -0.25) is 9.78 Å². The molecule has 2 N–H and O–H groups in total. The Morgan fingerprint density at radius 3 is 2.76 bits per heavy atom. The monoisotopic (exact) mass is 294 g/mol. The molecule has 0 atom stereocenters. The van der Waals surface area contributed by atoms with Crippen LogP contribution in [0, 0.1) is 0 Å². The standard InChI is InChI=1S/C13H12F2N4O2/c1-16-11-7-17-6-9(18-11)12(20)19-8-4-2-3-5-10(8)21-13(14)15/h2-7,13H,1H3,(H,16,18)(H,19,20). The maximum absolute atomic E-state index is 12.3. The third-order valence-corrected chi connectivity index (χ3v) is 2.47. The number of hydrogen-bond donors (Lipinski definition) is 2. The Hall–Kier alpha value is -2.77. The molecule has 110 valence electrons. The Bertz CT molecular complexity index is 637. The number of nitrogens with one attached hydrogen (secondary N) is 2. The first-order chi connectivity index (χ1) is 10.1. The second kappa shape index (κ2) is 6.60. The minimum Gasteiger partial charge on any atom is -0.433 e. The molecule has 1 aromatic carbocycles. The number of hydrogen-bond acceptors (Lipinski definition) is 5. The fourth-order valence-corrected chi connectivity index (χ4v) is 1.55. The van der Waals surface area contributed by atoms with Crippen LogP contribution in [0.25, 0.3) is 0 Å². The molecule has 6 nitrogen and oxygen atoms in total. The molecule has 0 saturated heterocycles. The third-order valence-electron chi connectivity index (χ3n) is 2.47. The van der Waals surface area contributed by atoms with E-state index in [1.165, 1.54) is 30.6 Å². The van der Waals surface area contributed by atoms with Gasteiger partial charge in [-0.15, -0.1) is 0 Å². The molecule has 0 bridgehead atoms. The van der Waals surface area contributed by atoms with Crippen molar-refractivity contribution in [1.82, 2.24) is 9.97 Å². The summed E-state index contributed by atoms with van der Waals surface area (Å²) in [4.78, 5) is 19.9. The molecule has 0 aliphatic heterocycles. The molecule has 0 aliphatic rings. The lowest BCUT2D eigenvalue weighted by molar-refractivity contribution is -0.0493. The summed E-state index contributed by atoms with van der Waals surface area (Å²) in [6.07, 6.45) is 2.72. The predicted molar refractivity (Wildman–Crippen MR) is 72.6 cm³/mol. The first-order valence-corrected chi connectivity index (χ1v) is 5.95. The highest BCUT2D eigenvalue weighted by atomic mass is 19.3. The number of benzene rings is 1. The topological polar surface area (TPSA) is 76.1 Å². The van der Waals surface area contributed by atoms with Crippen LogP contribution in [0.15, 0.2) is 36.7 Å². The largest absolute Gasteiger partial charge is 0.433 e. The summed E-state index contributed by atoms with van der Waals surface area (Å²) in [6, 6.07) is 5.89. The number of halogens is 2. The molecule has 0 unspecified atom stereocenters. The van der Waals surface area contributed by atoms with E-state index in [-0.39, 0.29) is 17.1 Å². The molecule has 0 spiro atoms. The number of amides is 1. The van der Waals surface area contributed by atoms with Gasteiger partial charge in [0.15, 0.2) is 0 Å². The Morgan fingerprint density at radius 1 is 1.29 bits per heavy atom. The average molecular weight is 294 g/mol. The van der Waals surface area contributed by atoms with Crippen LogP contribution in [0.4, 0.5) is 20.3 Å². The number of carbonyl (C=O) groups is 1. The number of anilines is 2. The van der Waals surface area contributed by atoms with Crippen LogP contribution in [0.3, 0.4) is 0 Å². The van der Waals surface area contributed by atoms with Gasteiger partial charge in [0.2, 0.25) is 0 Å². The molecule has 1 amide bonds. The molecular weight excluding hydrogens is 282 g/mol. The number of alkyl halides is 2. The van der Waals surface area contributed by atoms with E-state index >= 15 is 0 Å². The maximum Gasteiger partial charge on any atom is 0.387 e. The van der Waals surface area contributed by atoms with Crippen molar-refractivity contribution in [2.75, 3.05) is 17.7 Å². The molecule has 0 saturated carbocycles. The van der Waals surface area contributed by atoms with E-state index < -0.39 is 12.5 Å². The summed E-state index contributed by atoms with van der Waals surface area (Å²) in [5.41, 5.74) is 0.174. The smallest absolute Gasteiger partial charge is 0.387 e. The van der Waals surface area contributed by atoms with Crippen LogP contribution in [0.5, 0.6) is 5.75 Å². The Balaban J connectivity index is 2.19. The van der Waals surface area contributed by atoms with Crippen LogP contribution in [0.2, 0.25) is 0 Å². The van der Waals surface area contributed by atoms with E-state index in [4.69, 9.17) is 0 Å². The average Bonchev–Trinajstić information content (AvgIpc) is 2.48. The highest BCUT2D eigenvalue weighted by Gasteiger charge is 2.14. The van der Waals surface area contributed by atoms with E-state index in [2.05, 4.69) is 25.3 Å². The molecule has 1 aromatic heterocycles. The van der Waals surface area contributed by atoms with Gasteiger partial charge in [-0.25, -0.2) is 4.98 Å². The number of carbonyl (C=O) groups excluding carboxylic acids is 1. The van der Waals surface area contributed by atoms with Crippen molar-refractivity contribution < 1.29 is 18.3 Å². The molecule has 8 heteroatoms. The van der Waals surface area contributed by atoms with E-state index in [1.54, 1.807) is 13.1 Å². The van der Waals surface area contributed by atoms with Gasteiger partial charge < -0.3 is 15.4 Å². The van der Waals surface area contributed by atoms with Gasteiger partial charge >= 0.3 is 6.61 Å². The van der Waals surface area contributed by atoms with Crippen molar-refractivity contribution in [2.24, 2.45) is 0 Å². The van der Waals surface area contributed by atoms with Crippen LogP contribution in [-0.4, -0.2) is 29.5 Å². The first-order valence-electron chi connectivity index (χ1n) is 5.95. The molecule has 2 rings (SSSR count). The lowest BCUT2D eigenvalue weighted by atomic mass is 10.3. The fourth-order valence-electron chi connectivity index (χ4n) is 1.55. The SMILES string of the molecule is CNc1cncc(C(=O)Nc2ccccc2OC(F)F)n1. The minimum absolute atomic E-state index is 0.0497. The minimum atomic E-state index is -2.98. The molecule has 0 radical (unpaired) electrons. The van der Waals surface area contributed by atoms with Crippen molar-refractivity contribution in [1.29, 1.82) is 0 Å². The van der Waals surface area contributed by atoms with Gasteiger partial charge in [0, 0.05) is 7.05 Å². The zero-order chi connectivity index (χ0) is 15.2. The Morgan fingerprint density at radius 2 is 2.05 bits per heavy atom. The number of rotatable bonds is 5. The molecular formula is C13H12F2N4O2. The van der Waals surface area contributed by atoms with E-state index in [0.29, 0.717) is 5.82 Å².